The third-order valence-corrected chi connectivity index (χ3v) is 4.24. The van der Waals surface area contributed by atoms with E-state index >= 15 is 0 Å². The van der Waals surface area contributed by atoms with Crippen LogP contribution in [0.5, 0.6) is 0 Å². The molecule has 1 heterocycles. The van der Waals surface area contributed by atoms with E-state index in [1.54, 1.807) is 0 Å². The lowest BCUT2D eigenvalue weighted by Gasteiger charge is -2.29. The van der Waals surface area contributed by atoms with Crippen molar-refractivity contribution in [2.45, 2.75) is 45.1 Å². The fraction of sp³-hybridized carbons (Fsp3) is 1.00. The van der Waals surface area contributed by atoms with E-state index in [1.165, 1.54) is 45.2 Å². The molecule has 0 amide bonds. The summed E-state index contributed by atoms with van der Waals surface area (Å²) in [6.07, 6.45) is 6.89. The van der Waals surface area contributed by atoms with Crippen molar-refractivity contribution >= 4 is 0 Å². The summed E-state index contributed by atoms with van der Waals surface area (Å²) in [6.45, 7) is 8.87. The lowest BCUT2D eigenvalue weighted by Crippen LogP contribution is -2.39. The van der Waals surface area contributed by atoms with Gasteiger partial charge in [-0.15, -0.1) is 0 Å². The van der Waals surface area contributed by atoms with Crippen LogP contribution in [0.25, 0.3) is 0 Å². The fourth-order valence-corrected chi connectivity index (χ4v) is 3.15. The first-order chi connectivity index (χ1) is 8.40. The Morgan fingerprint density at radius 1 is 1.24 bits per heavy atom. The normalized spacial score (nSPS) is 30.9. The van der Waals surface area contributed by atoms with Gasteiger partial charge in [0.15, 0.2) is 0 Å². The summed E-state index contributed by atoms with van der Waals surface area (Å²) in [5.41, 5.74) is 0. The van der Waals surface area contributed by atoms with E-state index in [2.05, 4.69) is 17.1 Å². The van der Waals surface area contributed by atoms with E-state index in [4.69, 9.17) is 4.74 Å². The molecule has 2 fully saturated rings. The van der Waals surface area contributed by atoms with E-state index in [-0.39, 0.29) is 0 Å². The Labute approximate surface area is 106 Å². The molecule has 1 saturated carbocycles. The number of rotatable bonds is 6. The minimum absolute atomic E-state index is 0.802. The van der Waals surface area contributed by atoms with Gasteiger partial charge in [-0.3, -0.25) is 4.90 Å². The van der Waals surface area contributed by atoms with Crippen LogP contribution in [0.4, 0.5) is 0 Å². The average Bonchev–Trinajstić information content (AvgIpc) is 2.82. The molecule has 0 bridgehead atoms. The molecule has 17 heavy (non-hydrogen) atoms. The largest absolute Gasteiger partial charge is 0.379 e. The van der Waals surface area contributed by atoms with Gasteiger partial charge in [-0.2, -0.15) is 0 Å². The van der Waals surface area contributed by atoms with Crippen molar-refractivity contribution in [1.82, 2.24) is 10.2 Å². The zero-order valence-electron chi connectivity index (χ0n) is 11.3. The number of ether oxygens (including phenoxy) is 1. The Morgan fingerprint density at radius 2 is 2.06 bits per heavy atom. The van der Waals surface area contributed by atoms with Crippen LogP contribution in [0, 0.1) is 5.92 Å². The highest BCUT2D eigenvalue weighted by Crippen LogP contribution is 2.28. The molecule has 2 aliphatic rings. The van der Waals surface area contributed by atoms with Crippen molar-refractivity contribution in [3.8, 4) is 0 Å². The molecule has 3 heteroatoms. The first kappa shape index (κ1) is 13.3. The van der Waals surface area contributed by atoms with Gasteiger partial charge < -0.3 is 10.1 Å². The Kier molecular flexibility index (Phi) is 5.75. The van der Waals surface area contributed by atoms with Crippen LogP contribution >= 0.6 is 0 Å². The van der Waals surface area contributed by atoms with Crippen LogP contribution in [-0.4, -0.2) is 50.3 Å². The highest BCUT2D eigenvalue weighted by Gasteiger charge is 2.26. The zero-order chi connectivity index (χ0) is 11.9. The minimum Gasteiger partial charge on any atom is -0.379 e. The molecule has 0 aromatic carbocycles. The minimum atomic E-state index is 0.802. The second kappa shape index (κ2) is 7.34. The third-order valence-electron chi connectivity index (χ3n) is 4.24. The second-order valence-corrected chi connectivity index (χ2v) is 5.49. The van der Waals surface area contributed by atoms with Crippen LogP contribution < -0.4 is 5.32 Å². The first-order valence-corrected chi connectivity index (χ1v) is 7.43. The molecule has 0 aromatic heterocycles. The molecule has 0 radical (unpaired) electrons. The average molecular weight is 240 g/mol. The molecule has 2 atom stereocenters. The maximum atomic E-state index is 5.39. The predicted molar refractivity (Wildman–Crippen MR) is 71.3 cm³/mol. The zero-order valence-corrected chi connectivity index (χ0v) is 11.3. The maximum Gasteiger partial charge on any atom is 0.0594 e. The van der Waals surface area contributed by atoms with Gasteiger partial charge in [-0.05, 0) is 44.7 Å². The van der Waals surface area contributed by atoms with Gasteiger partial charge in [0.1, 0.15) is 0 Å². The molecule has 0 aromatic rings. The summed E-state index contributed by atoms with van der Waals surface area (Å²) >= 11 is 0. The van der Waals surface area contributed by atoms with E-state index in [0.29, 0.717) is 0 Å². The van der Waals surface area contributed by atoms with Gasteiger partial charge in [0.2, 0.25) is 0 Å². The van der Waals surface area contributed by atoms with Crippen LogP contribution in [0.3, 0.4) is 0 Å². The standard InChI is InChI=1S/C14H28N2O/c1-2-7-15-14-5-3-4-13(14)6-8-16-9-11-17-12-10-16/h13-15H,2-12H2,1H3. The van der Waals surface area contributed by atoms with Gasteiger partial charge in [0, 0.05) is 19.1 Å². The van der Waals surface area contributed by atoms with Crippen LogP contribution in [0.2, 0.25) is 0 Å². The molecule has 2 rings (SSSR count). The first-order valence-electron chi connectivity index (χ1n) is 7.43. The fourth-order valence-electron chi connectivity index (χ4n) is 3.15. The summed E-state index contributed by atoms with van der Waals surface area (Å²) in [7, 11) is 0. The van der Waals surface area contributed by atoms with Crippen LogP contribution in [-0.2, 0) is 4.74 Å². The number of morpholine rings is 1. The smallest absolute Gasteiger partial charge is 0.0594 e. The Hall–Kier alpha value is -0.120. The number of hydrogen-bond acceptors (Lipinski definition) is 3. The molecular formula is C14H28N2O. The van der Waals surface area contributed by atoms with E-state index in [9.17, 15) is 0 Å². The molecule has 3 nitrogen and oxygen atoms in total. The molecule has 0 spiro atoms. The van der Waals surface area contributed by atoms with Crippen LogP contribution in [0.1, 0.15) is 39.0 Å². The number of nitrogens with one attached hydrogen (secondary N) is 1. The Bertz CT molecular complexity index is 204. The maximum absolute atomic E-state index is 5.39. The topological polar surface area (TPSA) is 24.5 Å². The SMILES string of the molecule is CCCNC1CCCC1CCN1CCOCC1. The van der Waals surface area contributed by atoms with E-state index in [1.807, 2.05) is 0 Å². The molecule has 2 unspecified atom stereocenters. The van der Waals surface area contributed by atoms with Gasteiger partial charge >= 0.3 is 0 Å². The van der Waals surface area contributed by atoms with Gasteiger partial charge in [0.25, 0.3) is 0 Å². The molecule has 1 N–H and O–H groups in total. The summed E-state index contributed by atoms with van der Waals surface area (Å²) in [4.78, 5) is 2.57. The van der Waals surface area contributed by atoms with Crippen molar-refractivity contribution in [3.63, 3.8) is 0 Å². The van der Waals surface area contributed by atoms with Gasteiger partial charge in [0.05, 0.1) is 13.2 Å². The van der Waals surface area contributed by atoms with Crippen molar-refractivity contribution in [2.75, 3.05) is 39.4 Å². The summed E-state index contributed by atoms with van der Waals surface area (Å²) in [6, 6.07) is 0.802. The van der Waals surface area contributed by atoms with Crippen molar-refractivity contribution in [2.24, 2.45) is 5.92 Å². The molecule has 100 valence electrons. The Balaban J connectivity index is 1.66. The number of hydrogen-bond donors (Lipinski definition) is 1. The van der Waals surface area contributed by atoms with E-state index < -0.39 is 0 Å². The van der Waals surface area contributed by atoms with Gasteiger partial charge in [-0.25, -0.2) is 0 Å². The van der Waals surface area contributed by atoms with E-state index in [0.717, 1.165) is 38.3 Å². The van der Waals surface area contributed by atoms with Crippen LogP contribution in [0.15, 0.2) is 0 Å². The quantitative estimate of drug-likeness (QED) is 0.767. The molecule has 1 saturated heterocycles. The summed E-state index contributed by atoms with van der Waals surface area (Å²) in [5, 5.41) is 3.73. The molecule has 1 aliphatic carbocycles. The lowest BCUT2D eigenvalue weighted by molar-refractivity contribution is 0.0350. The van der Waals surface area contributed by atoms with Gasteiger partial charge in [-0.1, -0.05) is 13.3 Å². The third kappa shape index (κ3) is 4.23. The summed E-state index contributed by atoms with van der Waals surface area (Å²) in [5.74, 6) is 0.921. The van der Waals surface area contributed by atoms with Crippen molar-refractivity contribution in [3.05, 3.63) is 0 Å². The van der Waals surface area contributed by atoms with Crippen molar-refractivity contribution < 1.29 is 4.74 Å². The second-order valence-electron chi connectivity index (χ2n) is 5.49. The van der Waals surface area contributed by atoms with Crippen molar-refractivity contribution in [1.29, 1.82) is 0 Å². The number of nitrogens with zero attached hydrogens (tertiary/aromatic N) is 1. The Morgan fingerprint density at radius 3 is 2.82 bits per heavy atom. The predicted octanol–water partition coefficient (Wildman–Crippen LogP) is 1.88. The molecular weight excluding hydrogens is 212 g/mol. The summed E-state index contributed by atoms with van der Waals surface area (Å²) < 4.78 is 5.39. The monoisotopic (exact) mass is 240 g/mol. The highest BCUT2D eigenvalue weighted by atomic mass is 16.5. The lowest BCUT2D eigenvalue weighted by atomic mass is 9.99. The highest BCUT2D eigenvalue weighted by molar-refractivity contribution is 4.83. The molecule has 1 aliphatic heterocycles.